The number of carbonyl (C=O) groups excluding carboxylic acids is 1. The van der Waals surface area contributed by atoms with Gasteiger partial charge in [0.05, 0.1) is 0 Å². The molecule has 5 aliphatic carbocycles. The van der Waals surface area contributed by atoms with Crippen LogP contribution in [0.3, 0.4) is 0 Å². The molecular weight excluding hydrogens is 318 g/mol. The van der Waals surface area contributed by atoms with Crippen LogP contribution in [0, 0.1) is 17.8 Å². The van der Waals surface area contributed by atoms with E-state index in [1.165, 1.54) is 55.5 Å². The Kier molecular flexibility index (Phi) is 3.13. The van der Waals surface area contributed by atoms with Crippen LogP contribution in [0.4, 0.5) is 0 Å². The highest BCUT2D eigenvalue weighted by molar-refractivity contribution is 5.99. The van der Waals surface area contributed by atoms with Gasteiger partial charge in [-0.3, -0.25) is 4.79 Å². The molecule has 2 heteroatoms. The topological polar surface area (TPSA) is 22.0 Å². The fourth-order valence-corrected chi connectivity index (χ4v) is 7.29. The molecule has 2 nitrogen and oxygen atoms in total. The van der Waals surface area contributed by atoms with E-state index in [-0.39, 0.29) is 5.54 Å². The SMILES string of the molecule is O=C1CCCc2c1cc(-c1ccccc1)n2C12CC3CC(CC(C3)C1)C2. The number of carbonyl (C=O) groups is 1. The van der Waals surface area contributed by atoms with Crippen LogP contribution in [-0.4, -0.2) is 10.4 Å². The van der Waals surface area contributed by atoms with E-state index in [0.717, 1.165) is 42.6 Å². The van der Waals surface area contributed by atoms with Crippen LogP contribution in [0.2, 0.25) is 0 Å². The summed E-state index contributed by atoms with van der Waals surface area (Å²) in [4.78, 5) is 12.7. The second kappa shape index (κ2) is 5.34. The van der Waals surface area contributed by atoms with Gasteiger partial charge in [0.25, 0.3) is 0 Å². The molecule has 134 valence electrons. The van der Waals surface area contributed by atoms with Crippen LogP contribution in [-0.2, 0) is 12.0 Å². The Morgan fingerprint density at radius 3 is 2.19 bits per heavy atom. The van der Waals surface area contributed by atoms with E-state index in [1.54, 1.807) is 0 Å². The maximum Gasteiger partial charge on any atom is 0.164 e. The molecule has 4 fully saturated rings. The van der Waals surface area contributed by atoms with Gasteiger partial charge in [-0.15, -0.1) is 0 Å². The van der Waals surface area contributed by atoms with E-state index >= 15 is 0 Å². The van der Waals surface area contributed by atoms with Crippen molar-refractivity contribution in [2.24, 2.45) is 17.8 Å². The lowest BCUT2D eigenvalue weighted by molar-refractivity contribution is -0.0433. The smallest absolute Gasteiger partial charge is 0.164 e. The van der Waals surface area contributed by atoms with E-state index in [0.29, 0.717) is 5.78 Å². The molecule has 0 unspecified atom stereocenters. The predicted octanol–water partition coefficient (Wildman–Crippen LogP) is 5.60. The number of hydrogen-bond donors (Lipinski definition) is 0. The zero-order chi connectivity index (χ0) is 17.3. The van der Waals surface area contributed by atoms with Gasteiger partial charge in [0.2, 0.25) is 0 Å². The van der Waals surface area contributed by atoms with Gasteiger partial charge < -0.3 is 4.57 Å². The Labute approximate surface area is 155 Å². The highest BCUT2D eigenvalue weighted by Gasteiger charge is 2.53. The summed E-state index contributed by atoms with van der Waals surface area (Å²) in [5.74, 6) is 3.12. The summed E-state index contributed by atoms with van der Waals surface area (Å²) in [6, 6.07) is 13.0. The lowest BCUT2D eigenvalue weighted by Crippen LogP contribution is -2.52. The first-order chi connectivity index (χ1) is 12.7. The maximum atomic E-state index is 12.7. The fraction of sp³-hybridized carbons (Fsp3) is 0.542. The summed E-state index contributed by atoms with van der Waals surface area (Å²) >= 11 is 0. The second-order valence-corrected chi connectivity index (χ2v) is 9.51. The monoisotopic (exact) mass is 345 g/mol. The van der Waals surface area contributed by atoms with E-state index in [4.69, 9.17) is 0 Å². The van der Waals surface area contributed by atoms with Crippen LogP contribution in [0.25, 0.3) is 11.3 Å². The first kappa shape index (κ1) is 15.2. The molecule has 7 rings (SSSR count). The quantitative estimate of drug-likeness (QED) is 0.694. The maximum absolute atomic E-state index is 12.7. The van der Waals surface area contributed by atoms with Gasteiger partial charge in [-0.2, -0.15) is 0 Å². The number of ketones is 1. The van der Waals surface area contributed by atoms with Gasteiger partial charge in [-0.1, -0.05) is 30.3 Å². The number of nitrogens with zero attached hydrogens (tertiary/aromatic N) is 1. The summed E-state index contributed by atoms with van der Waals surface area (Å²) in [7, 11) is 0. The summed E-state index contributed by atoms with van der Waals surface area (Å²) in [6.07, 6.45) is 11.2. The molecule has 1 heterocycles. The number of fused-ring (bicyclic) bond motifs is 1. The first-order valence-corrected chi connectivity index (χ1v) is 10.6. The Bertz CT molecular complexity index is 840. The Balaban J connectivity index is 1.58. The molecule has 0 N–H and O–H groups in total. The average Bonchev–Trinajstić information content (AvgIpc) is 3.03. The van der Waals surface area contributed by atoms with Crippen molar-refractivity contribution >= 4 is 5.78 Å². The zero-order valence-corrected chi connectivity index (χ0v) is 15.4. The minimum Gasteiger partial charge on any atom is -0.338 e. The minimum absolute atomic E-state index is 0.283. The number of rotatable bonds is 2. The summed E-state index contributed by atoms with van der Waals surface area (Å²) in [5, 5.41) is 0. The first-order valence-electron chi connectivity index (χ1n) is 10.6. The molecule has 4 saturated carbocycles. The third-order valence-electron chi connectivity index (χ3n) is 7.77. The van der Waals surface area contributed by atoms with Crippen LogP contribution in [0.15, 0.2) is 36.4 Å². The van der Waals surface area contributed by atoms with Crippen LogP contribution >= 0.6 is 0 Å². The standard InChI is InChI=1S/C24H27NO/c26-23-8-4-7-21-20(23)12-22(19-5-2-1-3-6-19)25(21)24-13-16-9-17(14-24)11-18(10-16)15-24/h1-3,5-6,12,16-18H,4,7-11,13-15H2. The molecule has 0 spiro atoms. The second-order valence-electron chi connectivity index (χ2n) is 9.51. The normalized spacial score (nSPS) is 34.9. The highest BCUT2D eigenvalue weighted by Crippen LogP contribution is 2.60. The Hall–Kier alpha value is -1.83. The van der Waals surface area contributed by atoms with Gasteiger partial charge in [-0.05, 0) is 80.8 Å². The van der Waals surface area contributed by atoms with E-state index in [2.05, 4.69) is 41.0 Å². The molecule has 2 aromatic rings. The van der Waals surface area contributed by atoms with Gasteiger partial charge in [0.15, 0.2) is 5.78 Å². The average molecular weight is 345 g/mol. The molecular formula is C24H27NO. The van der Waals surface area contributed by atoms with E-state index in [1.807, 2.05) is 0 Å². The lowest BCUT2D eigenvalue weighted by atomic mass is 9.52. The third-order valence-corrected chi connectivity index (χ3v) is 7.77. The molecule has 1 aromatic carbocycles. The van der Waals surface area contributed by atoms with Crippen molar-refractivity contribution in [2.45, 2.75) is 63.3 Å². The minimum atomic E-state index is 0.283. The van der Waals surface area contributed by atoms with Gasteiger partial charge in [-0.25, -0.2) is 0 Å². The van der Waals surface area contributed by atoms with Crippen molar-refractivity contribution < 1.29 is 4.79 Å². The highest BCUT2D eigenvalue weighted by atomic mass is 16.1. The van der Waals surface area contributed by atoms with Crippen molar-refractivity contribution in [1.82, 2.24) is 4.57 Å². The fourth-order valence-electron chi connectivity index (χ4n) is 7.29. The number of Topliss-reactive ketones (excluding diaryl/α,β-unsaturated/α-hetero) is 1. The Morgan fingerprint density at radius 1 is 0.885 bits per heavy atom. The van der Waals surface area contributed by atoms with Gasteiger partial charge in [0, 0.05) is 28.9 Å². The summed E-state index contributed by atoms with van der Waals surface area (Å²) < 4.78 is 2.71. The zero-order valence-electron chi connectivity index (χ0n) is 15.4. The number of benzene rings is 1. The van der Waals surface area contributed by atoms with Crippen molar-refractivity contribution in [3.05, 3.63) is 47.7 Å². The van der Waals surface area contributed by atoms with Crippen LogP contribution < -0.4 is 0 Å². The molecule has 0 amide bonds. The Morgan fingerprint density at radius 2 is 1.54 bits per heavy atom. The lowest BCUT2D eigenvalue weighted by Gasteiger charge is -2.58. The van der Waals surface area contributed by atoms with Crippen molar-refractivity contribution in [3.8, 4) is 11.3 Å². The van der Waals surface area contributed by atoms with Crippen molar-refractivity contribution in [3.63, 3.8) is 0 Å². The van der Waals surface area contributed by atoms with Crippen molar-refractivity contribution in [1.29, 1.82) is 0 Å². The van der Waals surface area contributed by atoms with Gasteiger partial charge >= 0.3 is 0 Å². The van der Waals surface area contributed by atoms with Crippen LogP contribution in [0.1, 0.15) is 67.4 Å². The molecule has 0 radical (unpaired) electrons. The number of hydrogen-bond acceptors (Lipinski definition) is 1. The molecule has 0 atom stereocenters. The molecule has 0 saturated heterocycles. The molecule has 5 aliphatic rings. The van der Waals surface area contributed by atoms with E-state index < -0.39 is 0 Å². The van der Waals surface area contributed by atoms with Crippen LogP contribution in [0.5, 0.6) is 0 Å². The molecule has 0 aliphatic heterocycles. The molecule has 4 bridgehead atoms. The summed E-state index contributed by atoms with van der Waals surface area (Å²) in [5.41, 5.74) is 5.27. The largest absolute Gasteiger partial charge is 0.338 e. The third kappa shape index (κ3) is 2.08. The molecule has 1 aromatic heterocycles. The molecule has 26 heavy (non-hydrogen) atoms. The predicted molar refractivity (Wildman–Crippen MR) is 103 cm³/mol. The van der Waals surface area contributed by atoms with E-state index in [9.17, 15) is 4.79 Å². The number of aromatic nitrogens is 1. The van der Waals surface area contributed by atoms with Crippen molar-refractivity contribution in [2.75, 3.05) is 0 Å². The summed E-state index contributed by atoms with van der Waals surface area (Å²) in [6.45, 7) is 0. The van der Waals surface area contributed by atoms with Gasteiger partial charge in [0.1, 0.15) is 0 Å².